The standard InChI is InChI=1S/C84H56N8O.Pt/c1-89-51-73(85-83(89)91-71-49-21-19-39-67(71)77-63-37-17-15-35-61(63)65-45-25-47-69(79(65)87-81(77)91)75-57(53-27-7-3-8-28-53)41-23-42-58(75)54-29-9-4-10-30-54)93-74-52-90(2)84(86-74)92-72-50-22-20-40-68(72)78-64-38-18-16-36-62(64)66-46-26-48-70(80(66)88-82(78)92)76-59(55-31-11-5-12-32-55)43-24-44-60(76)56-33-13-6-14-34-56;/h3-52H,1-2H3;/q-2;+2. The van der Waals surface area contributed by atoms with Gasteiger partial charge in [-0.1, -0.05) is 291 Å². The Balaban J connectivity index is 0.00000672. The zero-order valence-corrected chi connectivity index (χ0v) is 53.4. The van der Waals surface area contributed by atoms with Crippen molar-refractivity contribution in [1.29, 1.82) is 0 Å². The fourth-order valence-corrected chi connectivity index (χ4v) is 14.4. The third-order valence-corrected chi connectivity index (χ3v) is 18.5. The summed E-state index contributed by atoms with van der Waals surface area (Å²) in [6, 6.07) is 104. The Morgan fingerprint density at radius 2 is 0.564 bits per heavy atom. The van der Waals surface area contributed by atoms with Gasteiger partial charge in [0.1, 0.15) is 11.9 Å². The second kappa shape index (κ2) is 22.9. The van der Waals surface area contributed by atoms with Gasteiger partial charge in [0.05, 0.1) is 12.4 Å². The number of ether oxygens (including phenoxy) is 1. The minimum atomic E-state index is 0. The van der Waals surface area contributed by atoms with E-state index in [4.69, 9.17) is 25.3 Å². The summed E-state index contributed by atoms with van der Waals surface area (Å²) >= 11 is 0. The van der Waals surface area contributed by atoms with Gasteiger partial charge in [0.25, 0.3) is 0 Å². The van der Waals surface area contributed by atoms with Crippen molar-refractivity contribution in [1.82, 2.24) is 28.2 Å². The molecule has 18 rings (SSSR count). The number of imidazole rings is 2. The largest absolute Gasteiger partial charge is 2.00 e. The van der Waals surface area contributed by atoms with Crippen molar-refractivity contribution in [2.45, 2.75) is 0 Å². The Kier molecular flexibility index (Phi) is 13.7. The van der Waals surface area contributed by atoms with E-state index in [-0.39, 0.29) is 21.1 Å². The van der Waals surface area contributed by atoms with Crippen LogP contribution in [0.15, 0.2) is 304 Å². The molecular formula is C84H56N8OPt. The Morgan fingerprint density at radius 3 is 0.926 bits per heavy atom. The van der Waals surface area contributed by atoms with Crippen LogP contribution >= 0.6 is 0 Å². The number of aryl methyl sites for hydroxylation is 2. The molecule has 0 aliphatic carbocycles. The van der Waals surface area contributed by atoms with Crippen LogP contribution in [-0.4, -0.2) is 28.2 Å². The van der Waals surface area contributed by atoms with E-state index in [9.17, 15) is 0 Å². The van der Waals surface area contributed by atoms with Crippen LogP contribution in [0.25, 0.3) is 156 Å². The second-order valence-electron chi connectivity index (χ2n) is 23.8. The van der Waals surface area contributed by atoms with Gasteiger partial charge in [0.2, 0.25) is 11.8 Å². The van der Waals surface area contributed by atoms with Crippen LogP contribution in [-0.2, 0) is 35.2 Å². The number of nitrogens with zero attached hydrogens (tertiary/aromatic N) is 8. The SMILES string of the molecule is Cn1cc(Oc2cn(C)c(-n3c4c(c5ccccc53)-c3ccccc3-c3cccc(-c5c(-c6ccccc6)cccc5-c5ccccc5)c3[N-]4)n2)nc1-n1c2c(c3ccccc31)-c1ccccc1-c1cccc(-c3c(-c4ccccc4)cccc3-c3ccccc3)c1[N-]2.[Pt+2]. The Hall–Kier alpha value is -11.8. The zero-order chi connectivity index (χ0) is 61.7. The fraction of sp³-hybridized carbons (Fsp3) is 0.0238. The zero-order valence-electron chi connectivity index (χ0n) is 51.2. The van der Waals surface area contributed by atoms with Gasteiger partial charge in [-0.15, -0.1) is 0 Å². The summed E-state index contributed by atoms with van der Waals surface area (Å²) in [4.78, 5) is 10.8. The molecule has 0 saturated carbocycles. The number of benzene rings is 12. The summed E-state index contributed by atoms with van der Waals surface area (Å²) in [5.41, 5.74) is 25.5. The molecule has 448 valence electrons. The van der Waals surface area contributed by atoms with Crippen molar-refractivity contribution >= 4 is 44.8 Å². The molecule has 4 aromatic heterocycles. The minimum Gasteiger partial charge on any atom is -0.434 e. The van der Waals surface area contributed by atoms with E-state index in [2.05, 4.69) is 300 Å². The van der Waals surface area contributed by atoms with Gasteiger partial charge in [-0.05, 0) is 156 Å². The molecule has 94 heavy (non-hydrogen) atoms. The van der Waals surface area contributed by atoms with Gasteiger partial charge >= 0.3 is 21.1 Å². The molecular weight excluding hydrogens is 1330 g/mol. The van der Waals surface area contributed by atoms with E-state index < -0.39 is 0 Å². The summed E-state index contributed by atoms with van der Waals surface area (Å²) in [5.74, 6) is 3.56. The van der Waals surface area contributed by atoms with Crippen LogP contribution in [0.5, 0.6) is 11.8 Å². The van der Waals surface area contributed by atoms with E-state index in [0.29, 0.717) is 23.7 Å². The van der Waals surface area contributed by atoms with Crippen LogP contribution in [0.4, 0.5) is 23.0 Å². The molecule has 0 radical (unpaired) electrons. The summed E-state index contributed by atoms with van der Waals surface area (Å²) in [5, 5.41) is 14.0. The molecule has 2 aliphatic heterocycles. The third kappa shape index (κ3) is 9.02. The van der Waals surface area contributed by atoms with Crippen LogP contribution < -0.4 is 4.74 Å². The van der Waals surface area contributed by atoms with Crippen LogP contribution in [0.3, 0.4) is 0 Å². The number of aromatic nitrogens is 6. The molecule has 0 bridgehead atoms. The molecule has 0 unspecified atom stereocenters. The molecule has 0 fully saturated rings. The average molecular weight is 1390 g/mol. The van der Waals surface area contributed by atoms with Crippen molar-refractivity contribution in [2.24, 2.45) is 14.1 Å². The smallest absolute Gasteiger partial charge is 0.434 e. The first-order valence-corrected chi connectivity index (χ1v) is 31.4. The first-order chi connectivity index (χ1) is 46.0. The summed E-state index contributed by atoms with van der Waals surface area (Å²) < 4.78 is 15.3. The summed E-state index contributed by atoms with van der Waals surface area (Å²) in [6.45, 7) is 0. The van der Waals surface area contributed by atoms with E-state index in [1.807, 2.05) is 35.6 Å². The molecule has 9 nitrogen and oxygen atoms in total. The monoisotopic (exact) mass is 1390 g/mol. The Labute approximate surface area is 558 Å². The van der Waals surface area contributed by atoms with Crippen molar-refractivity contribution < 1.29 is 25.8 Å². The normalized spacial score (nSPS) is 11.8. The van der Waals surface area contributed by atoms with Crippen molar-refractivity contribution in [2.75, 3.05) is 0 Å². The van der Waals surface area contributed by atoms with Crippen molar-refractivity contribution in [3.8, 4) is 135 Å². The molecule has 16 aromatic rings. The molecule has 0 amide bonds. The molecule has 10 heteroatoms. The Morgan fingerprint density at radius 1 is 0.277 bits per heavy atom. The number of hydrogen-bond acceptors (Lipinski definition) is 3. The van der Waals surface area contributed by atoms with Gasteiger partial charge in [-0.2, -0.15) is 9.97 Å². The van der Waals surface area contributed by atoms with Crippen LogP contribution in [0.1, 0.15) is 0 Å². The van der Waals surface area contributed by atoms with Gasteiger partial charge in [-0.3, -0.25) is 0 Å². The number of fused-ring (bicyclic) bond motifs is 14. The summed E-state index contributed by atoms with van der Waals surface area (Å²) in [7, 11) is 4.03. The van der Waals surface area contributed by atoms with Gasteiger partial charge in [0.15, 0.2) is 0 Å². The van der Waals surface area contributed by atoms with Crippen LogP contribution in [0.2, 0.25) is 0 Å². The molecule has 2 aliphatic rings. The van der Waals surface area contributed by atoms with E-state index in [0.717, 1.165) is 156 Å². The van der Waals surface area contributed by atoms with E-state index >= 15 is 0 Å². The maximum Gasteiger partial charge on any atom is 2.00 e. The molecule has 12 aromatic carbocycles. The summed E-state index contributed by atoms with van der Waals surface area (Å²) in [6.07, 6.45) is 3.85. The quantitative estimate of drug-likeness (QED) is 0.137. The molecule has 0 spiro atoms. The fourth-order valence-electron chi connectivity index (χ4n) is 14.4. The van der Waals surface area contributed by atoms with Gasteiger partial charge in [-0.25, -0.2) is 0 Å². The molecule has 0 saturated heterocycles. The maximum absolute atomic E-state index is 6.91. The number of rotatable bonds is 10. The second-order valence-corrected chi connectivity index (χ2v) is 23.8. The average Bonchev–Trinajstić information content (AvgIpc) is 1.55. The predicted octanol–water partition coefficient (Wildman–Crippen LogP) is 22.8. The molecule has 0 atom stereocenters. The van der Waals surface area contributed by atoms with Gasteiger partial charge in [0, 0.05) is 14.1 Å². The Bertz CT molecular complexity index is 5160. The number of hydrogen-bond donors (Lipinski definition) is 0. The van der Waals surface area contributed by atoms with Crippen molar-refractivity contribution in [3.05, 3.63) is 314 Å². The first-order valence-electron chi connectivity index (χ1n) is 31.4. The maximum atomic E-state index is 6.91. The topological polar surface area (TPSA) is 82.9 Å². The van der Waals surface area contributed by atoms with E-state index in [1.165, 1.54) is 0 Å². The minimum absolute atomic E-state index is 0. The van der Waals surface area contributed by atoms with Crippen LogP contribution in [0, 0.1) is 0 Å². The molecule has 6 heterocycles. The third-order valence-electron chi connectivity index (χ3n) is 18.5. The first kappa shape index (κ1) is 56.2. The predicted molar refractivity (Wildman–Crippen MR) is 380 cm³/mol. The van der Waals surface area contributed by atoms with Gasteiger partial charge < -0.3 is 33.6 Å². The molecule has 0 N–H and O–H groups in total. The van der Waals surface area contributed by atoms with E-state index in [1.54, 1.807) is 0 Å². The number of para-hydroxylation sites is 4. The van der Waals surface area contributed by atoms with Crippen molar-refractivity contribution in [3.63, 3.8) is 0 Å².